The summed E-state index contributed by atoms with van der Waals surface area (Å²) >= 11 is 0. The number of amides is 1. The number of hydrogen-bond acceptors (Lipinski definition) is 3. The molecular weight excluding hydrogens is 302 g/mol. The summed E-state index contributed by atoms with van der Waals surface area (Å²) in [5.41, 5.74) is 1.93. The van der Waals surface area contributed by atoms with E-state index in [1.54, 1.807) is 24.3 Å². The maximum atomic E-state index is 12.0. The second-order valence-corrected chi connectivity index (χ2v) is 4.53. The van der Waals surface area contributed by atoms with Crippen LogP contribution in [-0.4, -0.2) is 19.1 Å². The summed E-state index contributed by atoms with van der Waals surface area (Å²) in [5, 5.41) is 5.58. The first-order valence-corrected chi connectivity index (χ1v) is 6.72. The molecule has 0 unspecified atom stereocenters. The van der Waals surface area contributed by atoms with E-state index in [0.717, 1.165) is 5.69 Å². The molecule has 2 aromatic rings. The van der Waals surface area contributed by atoms with Crippen molar-refractivity contribution < 1.29 is 18.3 Å². The van der Waals surface area contributed by atoms with E-state index in [2.05, 4.69) is 21.3 Å². The Morgan fingerprint density at radius 1 is 1.17 bits per heavy atom. The Labute approximate surface area is 132 Å². The van der Waals surface area contributed by atoms with Gasteiger partial charge in [0.1, 0.15) is 5.75 Å². The molecule has 0 spiro atoms. The van der Waals surface area contributed by atoms with Crippen LogP contribution in [-0.2, 0) is 4.79 Å². The van der Waals surface area contributed by atoms with Crippen molar-refractivity contribution >= 4 is 17.3 Å². The molecular formula is C17H14F2N2O2. The SMILES string of the molecule is C#Cc1cccc(NCC(=O)Nc2ccc(OC(F)F)cc2)c1. The third kappa shape index (κ3) is 5.32. The van der Waals surface area contributed by atoms with E-state index in [-0.39, 0.29) is 18.2 Å². The number of nitrogens with one attached hydrogen (secondary N) is 2. The predicted molar refractivity (Wildman–Crippen MR) is 84.6 cm³/mol. The number of benzene rings is 2. The number of ether oxygens (including phenoxy) is 1. The second-order valence-electron chi connectivity index (χ2n) is 4.53. The molecule has 2 rings (SSSR count). The molecule has 1 amide bonds. The van der Waals surface area contributed by atoms with E-state index in [4.69, 9.17) is 6.42 Å². The second kappa shape index (κ2) is 7.80. The number of alkyl halides is 2. The average Bonchev–Trinajstić information content (AvgIpc) is 2.54. The normalized spacial score (nSPS) is 10.0. The smallest absolute Gasteiger partial charge is 0.387 e. The van der Waals surface area contributed by atoms with Gasteiger partial charge in [-0.25, -0.2) is 0 Å². The van der Waals surface area contributed by atoms with Crippen molar-refractivity contribution in [3.05, 3.63) is 54.1 Å². The van der Waals surface area contributed by atoms with Crippen LogP contribution in [0.3, 0.4) is 0 Å². The van der Waals surface area contributed by atoms with Gasteiger partial charge in [0, 0.05) is 16.9 Å². The number of anilines is 2. The molecule has 0 aliphatic rings. The first-order chi connectivity index (χ1) is 11.1. The molecule has 0 aliphatic heterocycles. The molecule has 0 saturated heterocycles. The Morgan fingerprint density at radius 2 is 1.91 bits per heavy atom. The van der Waals surface area contributed by atoms with Crippen molar-refractivity contribution in [1.82, 2.24) is 0 Å². The molecule has 0 radical (unpaired) electrons. The highest BCUT2D eigenvalue weighted by Gasteiger charge is 2.05. The molecule has 2 aromatic carbocycles. The summed E-state index contributed by atoms with van der Waals surface area (Å²) in [6, 6.07) is 12.8. The summed E-state index contributed by atoms with van der Waals surface area (Å²) < 4.78 is 28.3. The van der Waals surface area contributed by atoms with Crippen LogP contribution in [0.25, 0.3) is 0 Å². The molecule has 118 valence electrons. The van der Waals surface area contributed by atoms with E-state index in [1.165, 1.54) is 24.3 Å². The highest BCUT2D eigenvalue weighted by Crippen LogP contribution is 2.17. The topological polar surface area (TPSA) is 50.4 Å². The van der Waals surface area contributed by atoms with Crippen LogP contribution >= 0.6 is 0 Å². The molecule has 0 heterocycles. The van der Waals surface area contributed by atoms with Gasteiger partial charge in [0.25, 0.3) is 0 Å². The van der Waals surface area contributed by atoms with Gasteiger partial charge >= 0.3 is 6.61 Å². The molecule has 0 fully saturated rings. The molecule has 2 N–H and O–H groups in total. The van der Waals surface area contributed by atoms with Crippen molar-refractivity contribution in [3.63, 3.8) is 0 Å². The summed E-state index contributed by atoms with van der Waals surface area (Å²) in [7, 11) is 0. The van der Waals surface area contributed by atoms with Crippen molar-refractivity contribution in [2.75, 3.05) is 17.2 Å². The van der Waals surface area contributed by atoms with E-state index in [0.29, 0.717) is 11.3 Å². The van der Waals surface area contributed by atoms with Gasteiger partial charge in [0.2, 0.25) is 5.91 Å². The highest BCUT2D eigenvalue weighted by molar-refractivity contribution is 5.93. The lowest BCUT2D eigenvalue weighted by Gasteiger charge is -2.09. The lowest BCUT2D eigenvalue weighted by molar-refractivity contribution is -0.114. The average molecular weight is 316 g/mol. The minimum atomic E-state index is -2.88. The molecule has 0 aromatic heterocycles. The third-order valence-electron chi connectivity index (χ3n) is 2.85. The summed E-state index contributed by atoms with van der Waals surface area (Å²) in [5.74, 6) is 2.26. The van der Waals surface area contributed by atoms with Crippen molar-refractivity contribution in [1.29, 1.82) is 0 Å². The van der Waals surface area contributed by atoms with Gasteiger partial charge in [-0.15, -0.1) is 6.42 Å². The van der Waals surface area contributed by atoms with Crippen LogP contribution in [0, 0.1) is 12.3 Å². The summed E-state index contributed by atoms with van der Waals surface area (Å²) in [4.78, 5) is 11.8. The van der Waals surface area contributed by atoms with Crippen LogP contribution in [0.1, 0.15) is 5.56 Å². The Bertz CT molecular complexity index is 709. The fourth-order valence-corrected chi connectivity index (χ4v) is 1.83. The number of carbonyl (C=O) groups is 1. The van der Waals surface area contributed by atoms with E-state index >= 15 is 0 Å². The van der Waals surface area contributed by atoms with Gasteiger partial charge in [-0.2, -0.15) is 8.78 Å². The predicted octanol–water partition coefficient (Wildman–Crippen LogP) is 3.32. The fraction of sp³-hybridized carbons (Fsp3) is 0.118. The van der Waals surface area contributed by atoms with Gasteiger partial charge in [-0.3, -0.25) is 4.79 Å². The minimum Gasteiger partial charge on any atom is -0.435 e. The first-order valence-electron chi connectivity index (χ1n) is 6.72. The van der Waals surface area contributed by atoms with Gasteiger partial charge in [-0.1, -0.05) is 12.0 Å². The fourth-order valence-electron chi connectivity index (χ4n) is 1.83. The molecule has 0 saturated carbocycles. The number of hydrogen-bond donors (Lipinski definition) is 2. The monoisotopic (exact) mass is 316 g/mol. The highest BCUT2D eigenvalue weighted by atomic mass is 19.3. The number of carbonyl (C=O) groups excluding carboxylic acids is 1. The molecule has 4 nitrogen and oxygen atoms in total. The zero-order valence-electron chi connectivity index (χ0n) is 12.1. The molecule has 23 heavy (non-hydrogen) atoms. The van der Waals surface area contributed by atoms with E-state index in [9.17, 15) is 13.6 Å². The van der Waals surface area contributed by atoms with Gasteiger partial charge < -0.3 is 15.4 Å². The molecule has 0 atom stereocenters. The lowest BCUT2D eigenvalue weighted by atomic mass is 10.2. The van der Waals surface area contributed by atoms with Crippen molar-refractivity contribution in [2.24, 2.45) is 0 Å². The minimum absolute atomic E-state index is 0.0298. The number of rotatable bonds is 6. The molecule has 0 bridgehead atoms. The van der Waals surface area contributed by atoms with E-state index < -0.39 is 6.61 Å². The molecule has 0 aliphatic carbocycles. The van der Waals surface area contributed by atoms with Crippen molar-refractivity contribution in [3.8, 4) is 18.1 Å². The van der Waals surface area contributed by atoms with Gasteiger partial charge in [0.15, 0.2) is 0 Å². The van der Waals surface area contributed by atoms with Crippen LogP contribution < -0.4 is 15.4 Å². The van der Waals surface area contributed by atoms with Crippen LogP contribution in [0.15, 0.2) is 48.5 Å². The standard InChI is InChI=1S/C17H14F2N2O2/c1-2-12-4-3-5-14(10-12)20-11-16(22)21-13-6-8-15(9-7-13)23-17(18)19/h1,3-10,17,20H,11H2,(H,21,22). The zero-order valence-corrected chi connectivity index (χ0v) is 12.1. The Kier molecular flexibility index (Phi) is 5.53. The Balaban J connectivity index is 1.86. The maximum absolute atomic E-state index is 12.0. The summed E-state index contributed by atoms with van der Waals surface area (Å²) in [6.45, 7) is -2.83. The van der Waals surface area contributed by atoms with Gasteiger partial charge in [-0.05, 0) is 42.5 Å². The third-order valence-corrected chi connectivity index (χ3v) is 2.85. The Hall–Kier alpha value is -3.07. The maximum Gasteiger partial charge on any atom is 0.387 e. The van der Waals surface area contributed by atoms with Crippen molar-refractivity contribution in [2.45, 2.75) is 6.61 Å². The van der Waals surface area contributed by atoms with Gasteiger partial charge in [0.05, 0.1) is 6.54 Å². The first kappa shape index (κ1) is 16.3. The Morgan fingerprint density at radius 3 is 2.57 bits per heavy atom. The van der Waals surface area contributed by atoms with Crippen LogP contribution in [0.4, 0.5) is 20.2 Å². The largest absolute Gasteiger partial charge is 0.435 e. The van der Waals surface area contributed by atoms with Crippen LogP contribution in [0.5, 0.6) is 5.75 Å². The van der Waals surface area contributed by atoms with E-state index in [1.807, 2.05) is 0 Å². The number of halogens is 2. The zero-order chi connectivity index (χ0) is 16.7. The van der Waals surface area contributed by atoms with Crippen LogP contribution in [0.2, 0.25) is 0 Å². The lowest BCUT2D eigenvalue weighted by Crippen LogP contribution is -2.21. The molecule has 6 heteroatoms. The quantitative estimate of drug-likeness (QED) is 0.804. The summed E-state index contributed by atoms with van der Waals surface area (Å²) in [6.07, 6.45) is 5.30. The number of terminal acetylenes is 1.